The van der Waals surface area contributed by atoms with Gasteiger partial charge in [0.05, 0.1) is 7.11 Å². The molecular weight excluding hydrogens is 291 g/mol. The third-order valence-corrected chi connectivity index (χ3v) is 2.56. The second-order valence-corrected chi connectivity index (χ2v) is 4.37. The second kappa shape index (κ2) is 6.54. The third kappa shape index (κ3) is 3.96. The van der Waals surface area contributed by atoms with Gasteiger partial charge in [0.25, 0.3) is 0 Å². The molecule has 0 aliphatic rings. The maximum atomic E-state index is 13.7. The number of anilines is 1. The van der Waals surface area contributed by atoms with Gasteiger partial charge in [-0.3, -0.25) is 4.79 Å². The molecular formula is C11H14BrFN2O2. The summed E-state index contributed by atoms with van der Waals surface area (Å²) in [6.45, 7) is 2.48. The van der Waals surface area contributed by atoms with Crippen molar-refractivity contribution in [1.82, 2.24) is 4.98 Å². The number of esters is 1. The topological polar surface area (TPSA) is 42.4 Å². The Balaban J connectivity index is 2.92. The first-order valence-electron chi connectivity index (χ1n) is 5.21. The van der Waals surface area contributed by atoms with Crippen molar-refractivity contribution in [2.75, 3.05) is 25.1 Å². The van der Waals surface area contributed by atoms with Crippen molar-refractivity contribution in [3.8, 4) is 0 Å². The summed E-state index contributed by atoms with van der Waals surface area (Å²) in [5.41, 5.74) is 0. The highest BCUT2D eigenvalue weighted by atomic mass is 79.9. The lowest BCUT2D eigenvalue weighted by atomic mass is 10.3. The maximum Gasteiger partial charge on any atom is 0.325 e. The number of carbonyl (C=O) groups excluding carboxylic acids is 1. The summed E-state index contributed by atoms with van der Waals surface area (Å²) in [4.78, 5) is 16.8. The molecule has 0 amide bonds. The lowest BCUT2D eigenvalue weighted by Crippen LogP contribution is -2.32. The van der Waals surface area contributed by atoms with Gasteiger partial charge in [-0.2, -0.15) is 0 Å². The van der Waals surface area contributed by atoms with E-state index in [2.05, 4.69) is 25.7 Å². The Morgan fingerprint density at radius 2 is 2.35 bits per heavy atom. The smallest absolute Gasteiger partial charge is 0.325 e. The van der Waals surface area contributed by atoms with Crippen LogP contribution in [-0.2, 0) is 9.53 Å². The zero-order valence-electron chi connectivity index (χ0n) is 9.74. The molecule has 4 nitrogen and oxygen atoms in total. The van der Waals surface area contributed by atoms with Gasteiger partial charge in [-0.05, 0) is 28.4 Å². The van der Waals surface area contributed by atoms with Crippen LogP contribution in [0.25, 0.3) is 0 Å². The van der Waals surface area contributed by atoms with Gasteiger partial charge in [0, 0.05) is 17.2 Å². The largest absolute Gasteiger partial charge is 0.468 e. The molecule has 0 spiro atoms. The van der Waals surface area contributed by atoms with E-state index in [-0.39, 0.29) is 12.4 Å². The van der Waals surface area contributed by atoms with Crippen LogP contribution in [0.5, 0.6) is 0 Å². The summed E-state index contributed by atoms with van der Waals surface area (Å²) in [5, 5.41) is 0. The number of aromatic nitrogens is 1. The van der Waals surface area contributed by atoms with E-state index in [1.807, 2.05) is 6.92 Å². The van der Waals surface area contributed by atoms with Gasteiger partial charge in [0.15, 0.2) is 11.6 Å². The lowest BCUT2D eigenvalue weighted by molar-refractivity contribution is -0.138. The Labute approximate surface area is 108 Å². The predicted octanol–water partition coefficient (Wildman–Crippen LogP) is 2.37. The summed E-state index contributed by atoms with van der Waals surface area (Å²) in [7, 11) is 1.30. The first kappa shape index (κ1) is 13.9. The van der Waals surface area contributed by atoms with E-state index in [1.165, 1.54) is 19.4 Å². The lowest BCUT2D eigenvalue weighted by Gasteiger charge is -2.22. The fraction of sp³-hybridized carbons (Fsp3) is 0.455. The summed E-state index contributed by atoms with van der Waals surface area (Å²) >= 11 is 3.14. The standard InChI is InChI=1S/C11H14BrFN2O2/c1-3-4-15(7-10(16)17-2)11-9(13)5-8(12)6-14-11/h5-6H,3-4,7H2,1-2H3. The molecule has 0 unspecified atom stereocenters. The van der Waals surface area contributed by atoms with E-state index in [4.69, 9.17) is 0 Å². The van der Waals surface area contributed by atoms with Gasteiger partial charge in [-0.25, -0.2) is 9.37 Å². The molecule has 1 rings (SSSR count). The molecule has 0 fully saturated rings. The summed E-state index contributed by atoms with van der Waals surface area (Å²) in [5.74, 6) is -0.709. The Kier molecular flexibility index (Phi) is 5.34. The molecule has 6 heteroatoms. The highest BCUT2D eigenvalue weighted by molar-refractivity contribution is 9.10. The fourth-order valence-electron chi connectivity index (χ4n) is 1.39. The molecule has 94 valence electrons. The number of pyridine rings is 1. The average Bonchev–Trinajstić information content (AvgIpc) is 2.28. The molecule has 0 radical (unpaired) electrons. The highest BCUT2D eigenvalue weighted by Crippen LogP contribution is 2.20. The van der Waals surface area contributed by atoms with Crippen LogP contribution >= 0.6 is 15.9 Å². The predicted molar refractivity (Wildman–Crippen MR) is 66.4 cm³/mol. The third-order valence-electron chi connectivity index (χ3n) is 2.13. The highest BCUT2D eigenvalue weighted by Gasteiger charge is 2.16. The summed E-state index contributed by atoms with van der Waals surface area (Å²) in [6.07, 6.45) is 2.28. The first-order valence-corrected chi connectivity index (χ1v) is 6.00. The quantitative estimate of drug-likeness (QED) is 0.783. The molecule has 1 aromatic rings. The van der Waals surface area contributed by atoms with Crippen molar-refractivity contribution in [3.63, 3.8) is 0 Å². The minimum Gasteiger partial charge on any atom is -0.468 e. The normalized spacial score (nSPS) is 10.1. The van der Waals surface area contributed by atoms with Crippen molar-refractivity contribution in [1.29, 1.82) is 0 Å². The zero-order chi connectivity index (χ0) is 12.8. The van der Waals surface area contributed by atoms with Crippen LogP contribution in [0.2, 0.25) is 0 Å². The van der Waals surface area contributed by atoms with Crippen molar-refractivity contribution >= 4 is 27.7 Å². The second-order valence-electron chi connectivity index (χ2n) is 3.46. The molecule has 0 saturated heterocycles. The SMILES string of the molecule is CCCN(CC(=O)OC)c1ncc(Br)cc1F. The number of halogens is 2. The molecule has 0 saturated carbocycles. The monoisotopic (exact) mass is 304 g/mol. The van der Waals surface area contributed by atoms with Crippen LogP contribution in [0.3, 0.4) is 0 Å². The number of carbonyl (C=O) groups is 1. The van der Waals surface area contributed by atoms with Crippen molar-refractivity contribution in [2.24, 2.45) is 0 Å². The van der Waals surface area contributed by atoms with Crippen molar-refractivity contribution < 1.29 is 13.9 Å². The number of methoxy groups -OCH3 is 1. The van der Waals surface area contributed by atoms with E-state index >= 15 is 0 Å². The molecule has 0 aromatic carbocycles. The Morgan fingerprint density at radius 1 is 1.65 bits per heavy atom. The number of nitrogens with zero attached hydrogens (tertiary/aromatic N) is 2. The zero-order valence-corrected chi connectivity index (χ0v) is 11.3. The average molecular weight is 305 g/mol. The molecule has 0 N–H and O–H groups in total. The molecule has 0 aliphatic carbocycles. The molecule has 0 bridgehead atoms. The van der Waals surface area contributed by atoms with Crippen LogP contribution in [-0.4, -0.2) is 31.2 Å². The molecule has 0 atom stereocenters. The summed E-state index contributed by atoms with van der Waals surface area (Å²) in [6, 6.07) is 1.32. The number of hydrogen-bond donors (Lipinski definition) is 0. The minimum absolute atomic E-state index is 0.00408. The Bertz CT molecular complexity index is 401. The van der Waals surface area contributed by atoms with E-state index < -0.39 is 11.8 Å². The number of hydrogen-bond acceptors (Lipinski definition) is 4. The maximum absolute atomic E-state index is 13.7. The van der Waals surface area contributed by atoms with Gasteiger partial charge in [0.2, 0.25) is 0 Å². The van der Waals surface area contributed by atoms with Crippen LogP contribution in [0.15, 0.2) is 16.7 Å². The van der Waals surface area contributed by atoms with Gasteiger partial charge >= 0.3 is 5.97 Å². The number of ether oxygens (including phenoxy) is 1. The molecule has 1 aromatic heterocycles. The van der Waals surface area contributed by atoms with E-state index in [9.17, 15) is 9.18 Å². The van der Waals surface area contributed by atoms with Gasteiger partial charge < -0.3 is 9.64 Å². The van der Waals surface area contributed by atoms with Gasteiger partial charge in [0.1, 0.15) is 6.54 Å². The van der Waals surface area contributed by atoms with Gasteiger partial charge in [-0.1, -0.05) is 6.92 Å². The molecule has 1 heterocycles. The van der Waals surface area contributed by atoms with Crippen LogP contribution in [0.4, 0.5) is 10.2 Å². The number of rotatable bonds is 5. The van der Waals surface area contributed by atoms with Crippen molar-refractivity contribution in [3.05, 3.63) is 22.6 Å². The van der Waals surface area contributed by atoms with E-state index in [1.54, 1.807) is 4.90 Å². The minimum atomic E-state index is -0.461. The van der Waals surface area contributed by atoms with Crippen molar-refractivity contribution in [2.45, 2.75) is 13.3 Å². The van der Waals surface area contributed by atoms with E-state index in [0.29, 0.717) is 11.0 Å². The first-order chi connectivity index (χ1) is 8.08. The summed E-state index contributed by atoms with van der Waals surface area (Å²) < 4.78 is 18.8. The van der Waals surface area contributed by atoms with Crippen LogP contribution < -0.4 is 4.90 Å². The Morgan fingerprint density at radius 3 is 2.88 bits per heavy atom. The van der Waals surface area contributed by atoms with Gasteiger partial charge in [-0.15, -0.1) is 0 Å². The van der Waals surface area contributed by atoms with Crippen LogP contribution in [0.1, 0.15) is 13.3 Å². The molecule has 0 aliphatic heterocycles. The van der Waals surface area contributed by atoms with Crippen LogP contribution in [0, 0.1) is 5.82 Å². The fourth-order valence-corrected chi connectivity index (χ4v) is 1.69. The Hall–Kier alpha value is -1.17. The van der Waals surface area contributed by atoms with E-state index in [0.717, 1.165) is 6.42 Å². The molecule has 17 heavy (non-hydrogen) atoms.